The molecule has 0 aliphatic carbocycles. The van der Waals surface area contributed by atoms with Crippen LogP contribution < -0.4 is 0 Å². The first kappa shape index (κ1) is 15.0. The van der Waals surface area contributed by atoms with Gasteiger partial charge in [0.05, 0.1) is 11.9 Å². The molecule has 0 aliphatic heterocycles. The van der Waals surface area contributed by atoms with Gasteiger partial charge in [-0.3, -0.25) is 0 Å². The second-order valence-corrected chi connectivity index (χ2v) is 4.62. The Morgan fingerprint density at radius 1 is 1.20 bits per heavy atom. The Balaban J connectivity index is 2.50. The van der Waals surface area contributed by atoms with E-state index < -0.39 is 30.8 Å². The molecule has 1 aromatic carbocycles. The molecule has 0 amide bonds. The minimum absolute atomic E-state index is 0.00636. The van der Waals surface area contributed by atoms with Gasteiger partial charge in [-0.1, -0.05) is 0 Å². The lowest BCUT2D eigenvalue weighted by Gasteiger charge is -2.10. The molecule has 0 saturated heterocycles. The smallest absolute Gasteiger partial charge is 0.327 e. The Hall–Kier alpha value is -1.37. The minimum Gasteiger partial charge on any atom is -0.327 e. The fraction of sp³-hybridized carbons (Fsp3) is 0.417. The number of rotatable bonds is 4. The highest BCUT2D eigenvalue weighted by Gasteiger charge is 2.28. The van der Waals surface area contributed by atoms with Crippen molar-refractivity contribution in [2.24, 2.45) is 0 Å². The van der Waals surface area contributed by atoms with Gasteiger partial charge in [0.2, 0.25) is 0 Å². The average molecular weight is 313 g/mol. The quantitative estimate of drug-likeness (QED) is 0.615. The molecule has 20 heavy (non-hydrogen) atoms. The van der Waals surface area contributed by atoms with Gasteiger partial charge in [0.15, 0.2) is 5.82 Å². The number of aryl methyl sites for hydroxylation is 2. The van der Waals surface area contributed by atoms with Crippen LogP contribution in [-0.4, -0.2) is 21.6 Å². The monoisotopic (exact) mass is 312 g/mol. The number of alkyl halides is 4. The summed E-state index contributed by atoms with van der Waals surface area (Å²) in [6.45, 7) is -0.449. The second-order valence-electron chi connectivity index (χ2n) is 4.24. The molecule has 0 saturated carbocycles. The zero-order chi connectivity index (χ0) is 14.9. The van der Waals surface area contributed by atoms with Gasteiger partial charge in [-0.15, -0.1) is 11.6 Å². The summed E-state index contributed by atoms with van der Waals surface area (Å²) in [5.41, 5.74) is -0.138. The lowest BCUT2D eigenvalue weighted by atomic mass is 10.3. The van der Waals surface area contributed by atoms with E-state index in [0.717, 1.165) is 10.6 Å². The molecule has 0 atom stereocenters. The summed E-state index contributed by atoms with van der Waals surface area (Å²) >= 11 is 5.55. The van der Waals surface area contributed by atoms with Crippen molar-refractivity contribution in [3.63, 3.8) is 0 Å². The van der Waals surface area contributed by atoms with Crippen molar-refractivity contribution in [2.45, 2.75) is 25.6 Å². The van der Waals surface area contributed by atoms with Crippen LogP contribution >= 0.6 is 11.6 Å². The van der Waals surface area contributed by atoms with Crippen LogP contribution in [0.5, 0.6) is 0 Å². The molecule has 2 nitrogen and oxygen atoms in total. The topological polar surface area (TPSA) is 17.8 Å². The van der Waals surface area contributed by atoms with Gasteiger partial charge in [-0.05, 0) is 6.07 Å². The lowest BCUT2D eigenvalue weighted by Crippen LogP contribution is -2.14. The highest BCUT2D eigenvalue weighted by atomic mass is 35.5. The van der Waals surface area contributed by atoms with Crippen LogP contribution in [0.15, 0.2) is 12.1 Å². The first-order valence-corrected chi connectivity index (χ1v) is 6.32. The highest BCUT2D eigenvalue weighted by molar-refractivity contribution is 6.17. The minimum atomic E-state index is -4.36. The summed E-state index contributed by atoms with van der Waals surface area (Å²) in [6, 6.07) is 1.62. The third-order valence-corrected chi connectivity index (χ3v) is 2.98. The number of hydrogen-bond acceptors (Lipinski definition) is 1. The van der Waals surface area contributed by atoms with Crippen LogP contribution in [0.2, 0.25) is 0 Å². The van der Waals surface area contributed by atoms with Crippen molar-refractivity contribution in [1.29, 1.82) is 0 Å². The van der Waals surface area contributed by atoms with Crippen molar-refractivity contribution in [1.82, 2.24) is 9.55 Å². The third-order valence-electron chi connectivity index (χ3n) is 2.79. The molecule has 0 fully saturated rings. The molecule has 2 rings (SSSR count). The van der Waals surface area contributed by atoms with Crippen LogP contribution in [0.25, 0.3) is 11.0 Å². The fourth-order valence-electron chi connectivity index (χ4n) is 1.96. The van der Waals surface area contributed by atoms with Gasteiger partial charge in [0, 0.05) is 24.9 Å². The third kappa shape index (κ3) is 3.20. The lowest BCUT2D eigenvalue weighted by molar-refractivity contribution is -0.136. The van der Waals surface area contributed by atoms with Gasteiger partial charge in [0.1, 0.15) is 17.2 Å². The van der Waals surface area contributed by atoms with E-state index in [0.29, 0.717) is 6.07 Å². The van der Waals surface area contributed by atoms with Crippen molar-refractivity contribution < 1.29 is 22.0 Å². The van der Waals surface area contributed by atoms with Crippen LogP contribution in [-0.2, 0) is 13.0 Å². The normalized spacial score (nSPS) is 12.3. The molecule has 1 aromatic heterocycles. The largest absolute Gasteiger partial charge is 0.390 e. The van der Waals surface area contributed by atoms with Crippen molar-refractivity contribution in [3.05, 3.63) is 29.6 Å². The van der Waals surface area contributed by atoms with Gasteiger partial charge in [-0.25, -0.2) is 13.8 Å². The molecule has 0 aliphatic rings. The number of aromatic nitrogens is 2. The Bertz CT molecular complexity index is 620. The van der Waals surface area contributed by atoms with E-state index in [2.05, 4.69) is 4.98 Å². The molecular weight excluding hydrogens is 303 g/mol. The van der Waals surface area contributed by atoms with E-state index in [1.165, 1.54) is 0 Å². The number of nitrogens with zero attached hydrogens (tertiary/aromatic N) is 2. The van der Waals surface area contributed by atoms with Gasteiger partial charge in [0.25, 0.3) is 0 Å². The Morgan fingerprint density at radius 2 is 1.90 bits per heavy atom. The van der Waals surface area contributed by atoms with Crippen LogP contribution in [0, 0.1) is 11.6 Å². The maximum absolute atomic E-state index is 13.6. The van der Waals surface area contributed by atoms with Crippen molar-refractivity contribution in [3.8, 4) is 0 Å². The molecule has 0 radical (unpaired) electrons. The van der Waals surface area contributed by atoms with E-state index in [9.17, 15) is 22.0 Å². The summed E-state index contributed by atoms with van der Waals surface area (Å²) in [7, 11) is 0. The molecule has 0 bridgehead atoms. The van der Waals surface area contributed by atoms with Crippen LogP contribution in [0.1, 0.15) is 12.2 Å². The molecule has 0 N–H and O–H groups in total. The van der Waals surface area contributed by atoms with Crippen molar-refractivity contribution >= 4 is 22.6 Å². The van der Waals surface area contributed by atoms with Crippen LogP contribution in [0.3, 0.4) is 0 Å². The summed E-state index contributed by atoms with van der Waals surface area (Å²) in [4.78, 5) is 3.91. The number of halogens is 6. The Labute approximate surface area is 116 Å². The van der Waals surface area contributed by atoms with Gasteiger partial charge in [-0.2, -0.15) is 13.2 Å². The molecule has 1 heterocycles. The maximum atomic E-state index is 13.6. The van der Waals surface area contributed by atoms with E-state index in [1.54, 1.807) is 0 Å². The summed E-state index contributed by atoms with van der Waals surface area (Å²) in [6.07, 6.45) is -5.29. The Morgan fingerprint density at radius 3 is 2.50 bits per heavy atom. The Kier molecular flexibility index (Phi) is 4.17. The van der Waals surface area contributed by atoms with E-state index in [-0.39, 0.29) is 29.2 Å². The van der Waals surface area contributed by atoms with E-state index in [4.69, 9.17) is 11.6 Å². The molecule has 0 spiro atoms. The molecule has 8 heteroatoms. The first-order chi connectivity index (χ1) is 9.31. The second kappa shape index (κ2) is 5.55. The fourth-order valence-corrected chi connectivity index (χ4v) is 2.13. The zero-order valence-corrected chi connectivity index (χ0v) is 10.9. The number of fused-ring (bicyclic) bond motifs is 1. The van der Waals surface area contributed by atoms with Crippen LogP contribution in [0.4, 0.5) is 22.0 Å². The van der Waals surface area contributed by atoms with Gasteiger partial charge >= 0.3 is 6.18 Å². The summed E-state index contributed by atoms with van der Waals surface area (Å²) in [5, 5.41) is 0. The predicted octanol–water partition coefficient (Wildman–Crippen LogP) is 4.05. The maximum Gasteiger partial charge on any atom is 0.390 e. The first-order valence-electron chi connectivity index (χ1n) is 5.78. The standard InChI is InChI=1S/C12H10ClF5N2/c13-3-1-10-19-11-8(15)5-7(14)6-9(11)20(10)4-2-12(16,17)18/h5-6H,1-4H2. The van der Waals surface area contributed by atoms with E-state index in [1.807, 2.05) is 0 Å². The summed E-state index contributed by atoms with van der Waals surface area (Å²) < 4.78 is 64.9. The van der Waals surface area contributed by atoms with E-state index >= 15 is 0 Å². The highest BCUT2D eigenvalue weighted by Crippen LogP contribution is 2.25. The summed E-state index contributed by atoms with van der Waals surface area (Å²) in [5.74, 6) is -1.43. The number of hydrogen-bond donors (Lipinski definition) is 0. The van der Waals surface area contributed by atoms with Crippen molar-refractivity contribution in [2.75, 3.05) is 5.88 Å². The number of benzene rings is 1. The molecule has 0 unspecified atom stereocenters. The number of imidazole rings is 1. The average Bonchev–Trinajstić information content (AvgIpc) is 2.64. The zero-order valence-electron chi connectivity index (χ0n) is 10.1. The molecule has 2 aromatic rings. The van der Waals surface area contributed by atoms with Gasteiger partial charge < -0.3 is 4.57 Å². The predicted molar refractivity (Wildman–Crippen MR) is 64.7 cm³/mol. The molecular formula is C12H10ClF5N2. The SMILES string of the molecule is Fc1cc(F)c2nc(CCCl)n(CCC(F)(F)F)c2c1. The molecule has 110 valence electrons.